The number of benzene rings is 2. The van der Waals surface area contributed by atoms with Gasteiger partial charge in [0.2, 0.25) is 0 Å². The summed E-state index contributed by atoms with van der Waals surface area (Å²) in [5.41, 5.74) is 0.325. The van der Waals surface area contributed by atoms with E-state index in [4.69, 9.17) is 18.9 Å². The molecule has 0 aliphatic rings. The molecule has 0 aliphatic heterocycles. The first kappa shape index (κ1) is 25.0. The number of carbonyl (C=O) groups excluding carboxylic acids is 1. The van der Waals surface area contributed by atoms with E-state index in [0.29, 0.717) is 12.4 Å². The molecule has 9 nitrogen and oxygen atoms in total. The average Bonchev–Trinajstić information content (AvgIpc) is 3.36. The maximum atomic E-state index is 13.7. The van der Waals surface area contributed by atoms with Crippen LogP contribution in [0.3, 0.4) is 0 Å². The number of nitro groups is 1. The van der Waals surface area contributed by atoms with Gasteiger partial charge in [0.05, 0.1) is 44.9 Å². The topological polar surface area (TPSA) is 100 Å². The van der Waals surface area contributed by atoms with Gasteiger partial charge in [-0.05, 0) is 17.5 Å². The van der Waals surface area contributed by atoms with Crippen molar-refractivity contribution in [2.45, 2.75) is 13.1 Å². The Labute approximate surface area is 201 Å². The maximum absolute atomic E-state index is 13.7. The van der Waals surface area contributed by atoms with Crippen molar-refractivity contribution in [3.63, 3.8) is 0 Å². The summed E-state index contributed by atoms with van der Waals surface area (Å²) in [7, 11) is 4.49. The Hall–Kier alpha value is -3.63. The van der Waals surface area contributed by atoms with Crippen LogP contribution in [-0.2, 0) is 17.8 Å². The molecule has 3 rings (SSSR count). The molecule has 1 heterocycles. The highest BCUT2D eigenvalue weighted by Crippen LogP contribution is 2.36. The van der Waals surface area contributed by atoms with E-state index in [-0.39, 0.29) is 42.4 Å². The number of nitro benzene ring substituents is 1. The number of rotatable bonds is 12. The second-order valence-electron chi connectivity index (χ2n) is 7.17. The van der Waals surface area contributed by atoms with Gasteiger partial charge >= 0.3 is 0 Å². The van der Waals surface area contributed by atoms with E-state index in [1.807, 2.05) is 35.7 Å². The van der Waals surface area contributed by atoms with Gasteiger partial charge in [0.25, 0.3) is 11.6 Å². The number of hydrogen-bond acceptors (Lipinski definition) is 8. The molecule has 0 N–H and O–H groups in total. The fraction of sp³-hybridized carbons (Fsp3) is 0.292. The van der Waals surface area contributed by atoms with E-state index in [0.717, 1.165) is 10.4 Å². The van der Waals surface area contributed by atoms with Gasteiger partial charge in [0, 0.05) is 23.6 Å². The summed E-state index contributed by atoms with van der Waals surface area (Å²) < 4.78 is 21.3. The number of para-hydroxylation sites is 1. The molecule has 1 aromatic heterocycles. The van der Waals surface area contributed by atoms with E-state index in [9.17, 15) is 14.9 Å². The Bertz CT molecular complexity index is 1120. The number of amides is 1. The molecule has 0 saturated heterocycles. The van der Waals surface area contributed by atoms with Gasteiger partial charge in [0.15, 0.2) is 11.5 Å². The van der Waals surface area contributed by atoms with Gasteiger partial charge in [0.1, 0.15) is 17.9 Å². The molecule has 0 spiro atoms. The summed E-state index contributed by atoms with van der Waals surface area (Å²) in [6.07, 6.45) is 0. The van der Waals surface area contributed by atoms with E-state index in [1.165, 1.54) is 37.7 Å². The predicted molar refractivity (Wildman–Crippen MR) is 128 cm³/mol. The van der Waals surface area contributed by atoms with Crippen molar-refractivity contribution in [3.8, 4) is 17.2 Å². The van der Waals surface area contributed by atoms with Crippen molar-refractivity contribution in [2.75, 3.05) is 34.5 Å². The molecule has 1 amide bonds. The molecule has 0 radical (unpaired) electrons. The average molecular weight is 487 g/mol. The molecule has 0 bridgehead atoms. The molecule has 0 aliphatic carbocycles. The highest BCUT2D eigenvalue weighted by atomic mass is 32.1. The van der Waals surface area contributed by atoms with E-state index >= 15 is 0 Å². The number of carbonyl (C=O) groups is 1. The summed E-state index contributed by atoms with van der Waals surface area (Å²) in [5, 5.41) is 13.8. The van der Waals surface area contributed by atoms with E-state index in [1.54, 1.807) is 18.1 Å². The molecule has 180 valence electrons. The van der Waals surface area contributed by atoms with Crippen molar-refractivity contribution >= 4 is 22.9 Å². The van der Waals surface area contributed by atoms with Crippen LogP contribution >= 0.6 is 11.3 Å². The van der Waals surface area contributed by atoms with Gasteiger partial charge in [-0.1, -0.05) is 24.3 Å². The Morgan fingerprint density at radius 3 is 2.38 bits per heavy atom. The number of hydrogen-bond donors (Lipinski definition) is 0. The fourth-order valence-corrected chi connectivity index (χ4v) is 4.10. The molecule has 0 unspecified atom stereocenters. The van der Waals surface area contributed by atoms with Crippen LogP contribution in [0.15, 0.2) is 53.9 Å². The van der Waals surface area contributed by atoms with Crippen molar-refractivity contribution in [1.29, 1.82) is 0 Å². The Morgan fingerprint density at radius 1 is 0.971 bits per heavy atom. The molecule has 10 heteroatoms. The zero-order chi connectivity index (χ0) is 24.5. The highest BCUT2D eigenvalue weighted by molar-refractivity contribution is 7.09. The van der Waals surface area contributed by atoms with Crippen molar-refractivity contribution in [1.82, 2.24) is 4.90 Å². The summed E-state index contributed by atoms with van der Waals surface area (Å²) in [5.74, 6) is 0.504. The summed E-state index contributed by atoms with van der Waals surface area (Å²) in [4.78, 5) is 27.5. The van der Waals surface area contributed by atoms with Gasteiger partial charge in [-0.25, -0.2) is 0 Å². The Balaban J connectivity index is 2.02. The maximum Gasteiger partial charge on any atom is 0.286 e. The van der Waals surface area contributed by atoms with Gasteiger partial charge < -0.3 is 23.8 Å². The zero-order valence-corrected chi connectivity index (χ0v) is 20.0. The van der Waals surface area contributed by atoms with Crippen molar-refractivity contribution in [2.24, 2.45) is 0 Å². The quantitative estimate of drug-likeness (QED) is 0.210. The standard InChI is InChI=1S/C24H26N2O7S/c1-30-10-11-33-23-14-20(26(28)29)19(13-22(23)32-3)24(27)25(16-18-8-6-12-34-18)15-17-7-4-5-9-21(17)31-2/h4-9,12-14H,10-11,15-16H2,1-3H3. The molecular formula is C24H26N2O7S. The molecule has 2 aromatic carbocycles. The lowest BCUT2D eigenvalue weighted by Crippen LogP contribution is -2.30. The lowest BCUT2D eigenvalue weighted by atomic mass is 10.1. The minimum Gasteiger partial charge on any atom is -0.496 e. The minimum atomic E-state index is -0.595. The fourth-order valence-electron chi connectivity index (χ4n) is 3.38. The van der Waals surface area contributed by atoms with Crippen molar-refractivity contribution in [3.05, 3.63) is 80.0 Å². The molecule has 0 atom stereocenters. The molecule has 0 saturated carbocycles. The third kappa shape index (κ3) is 6.03. The Kier molecular flexibility index (Phi) is 8.83. The Morgan fingerprint density at radius 2 is 1.74 bits per heavy atom. The summed E-state index contributed by atoms with van der Waals surface area (Å²) >= 11 is 1.50. The first-order valence-corrected chi connectivity index (χ1v) is 11.3. The second kappa shape index (κ2) is 12.0. The van der Waals surface area contributed by atoms with Crippen LogP contribution in [0.4, 0.5) is 5.69 Å². The van der Waals surface area contributed by atoms with Crippen LogP contribution in [0.5, 0.6) is 17.2 Å². The van der Waals surface area contributed by atoms with E-state index in [2.05, 4.69) is 0 Å². The summed E-state index contributed by atoms with van der Waals surface area (Å²) in [6.45, 7) is 0.952. The van der Waals surface area contributed by atoms with Crippen LogP contribution in [0.25, 0.3) is 0 Å². The lowest BCUT2D eigenvalue weighted by Gasteiger charge is -2.24. The minimum absolute atomic E-state index is 0.0904. The number of ether oxygens (including phenoxy) is 4. The van der Waals surface area contributed by atoms with Gasteiger partial charge in [-0.15, -0.1) is 11.3 Å². The van der Waals surface area contributed by atoms with Gasteiger partial charge in [-0.2, -0.15) is 0 Å². The van der Waals surface area contributed by atoms with Crippen LogP contribution < -0.4 is 14.2 Å². The second-order valence-corrected chi connectivity index (χ2v) is 8.20. The normalized spacial score (nSPS) is 10.6. The van der Waals surface area contributed by atoms with Crippen LogP contribution in [0.1, 0.15) is 20.8 Å². The van der Waals surface area contributed by atoms with Gasteiger partial charge in [-0.3, -0.25) is 14.9 Å². The smallest absolute Gasteiger partial charge is 0.286 e. The predicted octanol–water partition coefficient (Wildman–Crippen LogP) is 4.54. The number of methoxy groups -OCH3 is 3. The lowest BCUT2D eigenvalue weighted by molar-refractivity contribution is -0.385. The first-order valence-electron chi connectivity index (χ1n) is 10.4. The van der Waals surface area contributed by atoms with Crippen LogP contribution in [-0.4, -0.2) is 50.3 Å². The van der Waals surface area contributed by atoms with Crippen molar-refractivity contribution < 1.29 is 28.7 Å². The molecule has 0 fully saturated rings. The third-order valence-electron chi connectivity index (χ3n) is 5.02. The monoisotopic (exact) mass is 486 g/mol. The SMILES string of the molecule is COCCOc1cc([N+](=O)[O-])c(C(=O)N(Cc2cccs2)Cc2ccccc2OC)cc1OC. The molecule has 34 heavy (non-hydrogen) atoms. The van der Waals surface area contributed by atoms with Crippen LogP contribution in [0.2, 0.25) is 0 Å². The number of thiophene rings is 1. The first-order chi connectivity index (χ1) is 16.5. The summed E-state index contributed by atoms with van der Waals surface area (Å²) in [6, 6.07) is 13.7. The highest BCUT2D eigenvalue weighted by Gasteiger charge is 2.29. The zero-order valence-electron chi connectivity index (χ0n) is 19.2. The number of nitrogens with zero attached hydrogens (tertiary/aromatic N) is 2. The molecular weight excluding hydrogens is 460 g/mol. The van der Waals surface area contributed by atoms with E-state index < -0.39 is 10.8 Å². The third-order valence-corrected chi connectivity index (χ3v) is 5.88. The largest absolute Gasteiger partial charge is 0.496 e. The van der Waals surface area contributed by atoms with Crippen LogP contribution in [0, 0.1) is 10.1 Å². The molecule has 3 aromatic rings.